The van der Waals surface area contributed by atoms with Crippen LogP contribution >= 0.6 is 32.9 Å². The standard InChI is InChI=1S/C10H8BrN.BrH/c1-7-2-3-8-9(11)4-5-12-10(8)6-7;/h2-6H,1H3;1H. The molecule has 0 aliphatic heterocycles. The molecule has 2 rings (SSSR count). The zero-order valence-electron chi connectivity index (χ0n) is 7.12. The van der Waals surface area contributed by atoms with Gasteiger partial charge in [0.15, 0.2) is 0 Å². The van der Waals surface area contributed by atoms with Crippen LogP contribution in [-0.2, 0) is 0 Å². The van der Waals surface area contributed by atoms with Crippen LogP contribution in [0.1, 0.15) is 5.56 Å². The first-order chi connectivity index (χ1) is 5.77. The fraction of sp³-hybridized carbons (Fsp3) is 0.100. The molecule has 0 aliphatic carbocycles. The smallest absolute Gasteiger partial charge is 0.0715 e. The van der Waals surface area contributed by atoms with E-state index in [1.54, 1.807) is 0 Å². The Kier molecular flexibility index (Phi) is 3.45. The molecule has 0 saturated heterocycles. The summed E-state index contributed by atoms with van der Waals surface area (Å²) in [5.74, 6) is 0. The van der Waals surface area contributed by atoms with Crippen LogP contribution in [0.4, 0.5) is 0 Å². The SMILES string of the molecule is Br.Cc1ccc2c(Br)ccnc2c1. The normalized spacial score (nSPS) is 9.69. The summed E-state index contributed by atoms with van der Waals surface area (Å²) in [6.07, 6.45) is 1.81. The molecule has 0 fully saturated rings. The number of aryl methyl sites for hydroxylation is 1. The molecule has 1 nitrogen and oxygen atoms in total. The quantitative estimate of drug-likeness (QED) is 0.719. The zero-order valence-corrected chi connectivity index (χ0v) is 10.4. The Balaban J connectivity index is 0.000000845. The summed E-state index contributed by atoms with van der Waals surface area (Å²) in [5, 5.41) is 1.17. The van der Waals surface area contributed by atoms with Gasteiger partial charge in [-0.2, -0.15) is 0 Å². The van der Waals surface area contributed by atoms with Gasteiger partial charge in [-0.3, -0.25) is 4.98 Å². The Morgan fingerprint density at radius 1 is 1.23 bits per heavy atom. The van der Waals surface area contributed by atoms with Gasteiger partial charge in [0, 0.05) is 16.1 Å². The summed E-state index contributed by atoms with van der Waals surface area (Å²) < 4.78 is 1.10. The molecule has 3 heteroatoms. The fourth-order valence-corrected chi connectivity index (χ4v) is 1.68. The number of aromatic nitrogens is 1. The van der Waals surface area contributed by atoms with E-state index in [9.17, 15) is 0 Å². The van der Waals surface area contributed by atoms with Gasteiger partial charge in [0.25, 0.3) is 0 Å². The summed E-state index contributed by atoms with van der Waals surface area (Å²) >= 11 is 3.48. The minimum Gasteiger partial charge on any atom is -0.256 e. The molecule has 1 aromatic heterocycles. The van der Waals surface area contributed by atoms with Crippen molar-refractivity contribution in [3.05, 3.63) is 40.5 Å². The van der Waals surface area contributed by atoms with Gasteiger partial charge in [-0.25, -0.2) is 0 Å². The molecular formula is C10H9Br2N. The van der Waals surface area contributed by atoms with E-state index >= 15 is 0 Å². The second-order valence-corrected chi connectivity index (χ2v) is 3.67. The minimum atomic E-state index is 0. The lowest BCUT2D eigenvalue weighted by atomic mass is 10.1. The maximum atomic E-state index is 4.27. The number of hydrogen-bond acceptors (Lipinski definition) is 1. The average Bonchev–Trinajstić information content (AvgIpc) is 2.04. The highest BCUT2D eigenvalue weighted by molar-refractivity contribution is 9.10. The van der Waals surface area contributed by atoms with E-state index < -0.39 is 0 Å². The molecule has 1 heterocycles. The highest BCUT2D eigenvalue weighted by Crippen LogP contribution is 2.22. The zero-order chi connectivity index (χ0) is 8.55. The maximum Gasteiger partial charge on any atom is 0.0715 e. The fourth-order valence-electron chi connectivity index (χ4n) is 1.22. The maximum absolute atomic E-state index is 4.27. The van der Waals surface area contributed by atoms with E-state index in [1.807, 2.05) is 12.3 Å². The van der Waals surface area contributed by atoms with Crippen LogP contribution in [0.25, 0.3) is 10.9 Å². The van der Waals surface area contributed by atoms with Crippen molar-refractivity contribution < 1.29 is 0 Å². The first-order valence-electron chi connectivity index (χ1n) is 3.78. The number of nitrogens with zero attached hydrogens (tertiary/aromatic N) is 1. The largest absolute Gasteiger partial charge is 0.256 e. The molecule has 13 heavy (non-hydrogen) atoms. The van der Waals surface area contributed by atoms with Crippen molar-refractivity contribution in [3.63, 3.8) is 0 Å². The van der Waals surface area contributed by atoms with Crippen LogP contribution in [0, 0.1) is 6.92 Å². The molecule has 0 bridgehead atoms. The van der Waals surface area contributed by atoms with E-state index in [0.717, 1.165) is 9.99 Å². The van der Waals surface area contributed by atoms with Crippen molar-refractivity contribution in [3.8, 4) is 0 Å². The molecule has 0 unspecified atom stereocenters. The van der Waals surface area contributed by atoms with Crippen molar-refractivity contribution in [1.29, 1.82) is 0 Å². The second-order valence-electron chi connectivity index (χ2n) is 2.81. The predicted molar refractivity (Wildman–Crippen MR) is 64.5 cm³/mol. The number of benzene rings is 1. The molecule has 0 spiro atoms. The molecule has 2 aromatic rings. The second kappa shape index (κ2) is 4.20. The highest BCUT2D eigenvalue weighted by atomic mass is 79.9. The number of fused-ring (bicyclic) bond motifs is 1. The van der Waals surface area contributed by atoms with Crippen molar-refractivity contribution in [2.75, 3.05) is 0 Å². The average molecular weight is 303 g/mol. The third-order valence-corrected chi connectivity index (χ3v) is 2.54. The summed E-state index contributed by atoms with van der Waals surface area (Å²) in [7, 11) is 0. The Bertz CT molecular complexity index is 426. The van der Waals surface area contributed by atoms with Crippen LogP contribution in [0.15, 0.2) is 34.9 Å². The van der Waals surface area contributed by atoms with Gasteiger partial charge in [-0.05, 0) is 24.6 Å². The van der Waals surface area contributed by atoms with Gasteiger partial charge in [0.05, 0.1) is 5.52 Å². The lowest BCUT2D eigenvalue weighted by Gasteiger charge is -1.99. The summed E-state index contributed by atoms with van der Waals surface area (Å²) in [6, 6.07) is 8.22. The van der Waals surface area contributed by atoms with Crippen molar-refractivity contribution >= 4 is 43.8 Å². The molecule has 0 saturated carbocycles. The Hall–Kier alpha value is -0.410. The van der Waals surface area contributed by atoms with Crippen molar-refractivity contribution in [2.24, 2.45) is 0 Å². The lowest BCUT2D eigenvalue weighted by molar-refractivity contribution is 1.38. The third kappa shape index (κ3) is 2.09. The van der Waals surface area contributed by atoms with E-state index in [-0.39, 0.29) is 17.0 Å². The van der Waals surface area contributed by atoms with Gasteiger partial charge in [0.1, 0.15) is 0 Å². The number of hydrogen-bond donors (Lipinski definition) is 0. The predicted octanol–water partition coefficient (Wildman–Crippen LogP) is 3.88. The third-order valence-electron chi connectivity index (χ3n) is 1.85. The van der Waals surface area contributed by atoms with Crippen molar-refractivity contribution in [2.45, 2.75) is 6.92 Å². The van der Waals surface area contributed by atoms with Crippen molar-refractivity contribution in [1.82, 2.24) is 4.98 Å². The first kappa shape index (κ1) is 10.7. The van der Waals surface area contributed by atoms with Crippen LogP contribution in [0.5, 0.6) is 0 Å². The van der Waals surface area contributed by atoms with Gasteiger partial charge >= 0.3 is 0 Å². The van der Waals surface area contributed by atoms with E-state index in [1.165, 1.54) is 10.9 Å². The number of pyridine rings is 1. The van der Waals surface area contributed by atoms with E-state index in [2.05, 4.69) is 46.0 Å². The molecule has 68 valence electrons. The number of halogens is 2. The van der Waals surface area contributed by atoms with Gasteiger partial charge in [-0.15, -0.1) is 17.0 Å². The first-order valence-corrected chi connectivity index (χ1v) is 4.57. The van der Waals surface area contributed by atoms with Gasteiger partial charge < -0.3 is 0 Å². The molecule has 0 atom stereocenters. The van der Waals surface area contributed by atoms with Crippen LogP contribution in [-0.4, -0.2) is 4.98 Å². The lowest BCUT2D eigenvalue weighted by Crippen LogP contribution is -1.80. The van der Waals surface area contributed by atoms with E-state index in [0.29, 0.717) is 0 Å². The summed E-state index contributed by atoms with van der Waals surface area (Å²) in [6.45, 7) is 2.07. The highest BCUT2D eigenvalue weighted by Gasteiger charge is 1.97. The molecular weight excluding hydrogens is 294 g/mol. The number of rotatable bonds is 0. The van der Waals surface area contributed by atoms with Gasteiger partial charge in [0.2, 0.25) is 0 Å². The summed E-state index contributed by atoms with van der Waals surface area (Å²) in [5.41, 5.74) is 2.29. The molecule has 0 aliphatic rings. The molecule has 0 N–H and O–H groups in total. The molecule has 0 amide bonds. The molecule has 1 aromatic carbocycles. The van der Waals surface area contributed by atoms with E-state index in [4.69, 9.17) is 0 Å². The monoisotopic (exact) mass is 301 g/mol. The van der Waals surface area contributed by atoms with Crippen LogP contribution in [0.2, 0.25) is 0 Å². The van der Waals surface area contributed by atoms with Crippen LogP contribution < -0.4 is 0 Å². The Morgan fingerprint density at radius 2 is 2.00 bits per heavy atom. The topological polar surface area (TPSA) is 12.9 Å². The summed E-state index contributed by atoms with van der Waals surface area (Å²) in [4.78, 5) is 4.27. The Labute approximate surface area is 96.1 Å². The van der Waals surface area contributed by atoms with Gasteiger partial charge in [-0.1, -0.05) is 28.1 Å². The van der Waals surface area contributed by atoms with Crippen LogP contribution in [0.3, 0.4) is 0 Å². The minimum absolute atomic E-state index is 0. The Morgan fingerprint density at radius 3 is 2.77 bits per heavy atom. The molecule has 0 radical (unpaired) electrons.